The van der Waals surface area contributed by atoms with E-state index in [0.29, 0.717) is 39.4 Å². The van der Waals surface area contributed by atoms with Crippen molar-refractivity contribution in [3.05, 3.63) is 106 Å². The van der Waals surface area contributed by atoms with Gasteiger partial charge in [-0.1, -0.05) is 6.08 Å². The van der Waals surface area contributed by atoms with Gasteiger partial charge in [0.15, 0.2) is 23.1 Å². The Hall–Kier alpha value is -5.44. The number of carbonyl (C=O) groups excluding carboxylic acids is 2. The van der Waals surface area contributed by atoms with E-state index in [9.17, 15) is 29.1 Å². The first-order chi connectivity index (χ1) is 23.5. The van der Waals surface area contributed by atoms with Crippen molar-refractivity contribution in [1.29, 1.82) is 0 Å². The van der Waals surface area contributed by atoms with Gasteiger partial charge in [0.05, 0.1) is 49.4 Å². The van der Waals surface area contributed by atoms with Gasteiger partial charge < -0.3 is 23.9 Å². The lowest BCUT2D eigenvalue weighted by molar-refractivity contribution is -0.115. The molecule has 0 fully saturated rings. The van der Waals surface area contributed by atoms with Crippen molar-refractivity contribution >= 4 is 38.5 Å². The minimum atomic E-state index is -0.892. The monoisotopic (exact) mass is 731 g/mol. The predicted octanol–water partition coefficient (Wildman–Crippen LogP) is 2.43. The maximum Gasteiger partial charge on any atom is 0.347 e. The van der Waals surface area contributed by atoms with Crippen LogP contribution >= 0.6 is 15.9 Å². The Bertz CT molecular complexity index is 2410. The first-order valence-corrected chi connectivity index (χ1v) is 16.1. The van der Waals surface area contributed by atoms with E-state index >= 15 is 0 Å². The molecule has 0 radical (unpaired) electrons. The van der Waals surface area contributed by atoms with Gasteiger partial charge in [-0.05, 0) is 39.7 Å². The molecule has 1 aliphatic heterocycles. The van der Waals surface area contributed by atoms with Crippen LogP contribution in [0.15, 0.2) is 78.1 Å². The Morgan fingerprint density at radius 3 is 2.43 bits per heavy atom. The highest BCUT2D eigenvalue weighted by atomic mass is 79.9. The molecule has 2 aromatic heterocycles. The average molecular weight is 733 g/mol. The van der Waals surface area contributed by atoms with Crippen molar-refractivity contribution in [3.8, 4) is 23.0 Å². The zero-order chi connectivity index (χ0) is 34.9. The molecule has 252 valence electrons. The number of methoxy groups -OCH3 is 3. The number of hydrogen-bond donors (Lipinski definition) is 1. The molecule has 3 heterocycles. The van der Waals surface area contributed by atoms with Crippen LogP contribution in [0.5, 0.6) is 23.0 Å². The summed E-state index contributed by atoms with van der Waals surface area (Å²) in [5.74, 6) is -0.549. The summed E-state index contributed by atoms with van der Waals surface area (Å²) >= 11 is 3.20. The number of Topliss-reactive ketones (excluding diaryl/α,β-unsaturated/α-hetero) is 1. The summed E-state index contributed by atoms with van der Waals surface area (Å²) in [6.45, 7) is -0.149. The summed E-state index contributed by atoms with van der Waals surface area (Å²) in [5, 5.41) is 11.0. The molecule has 0 bridgehead atoms. The van der Waals surface area contributed by atoms with Gasteiger partial charge in [-0.15, -0.1) is 0 Å². The number of halogens is 1. The SMILES string of the molecule is COc1ccc(O)c(C2C3=CCn4c(=O)n(CCc5nc6cc(OC)c(OC)cc6n(C)c5=O)c(=O)n4C3CC3=C2C(=O)C=C(Br)C3=O)c1. The number of ketones is 2. The van der Waals surface area contributed by atoms with E-state index in [4.69, 9.17) is 14.2 Å². The maximum absolute atomic E-state index is 14.1. The number of carbonyl (C=O) groups is 2. The third kappa shape index (κ3) is 4.90. The number of nitrogens with zero attached hydrogens (tertiary/aromatic N) is 5. The molecule has 2 unspecified atom stereocenters. The summed E-state index contributed by atoms with van der Waals surface area (Å²) in [6.07, 6.45) is 2.92. The summed E-state index contributed by atoms with van der Waals surface area (Å²) in [5.41, 5.74) is 0.784. The fourth-order valence-electron chi connectivity index (χ4n) is 7.05. The zero-order valence-electron chi connectivity index (χ0n) is 26.9. The highest BCUT2D eigenvalue weighted by Gasteiger charge is 2.45. The van der Waals surface area contributed by atoms with Gasteiger partial charge in [0.1, 0.15) is 17.2 Å². The highest BCUT2D eigenvalue weighted by Crippen LogP contribution is 2.52. The van der Waals surface area contributed by atoms with Gasteiger partial charge in [0.2, 0.25) is 0 Å². The number of allylic oxidation sites excluding steroid dienone is 6. The van der Waals surface area contributed by atoms with Crippen molar-refractivity contribution < 1.29 is 28.9 Å². The van der Waals surface area contributed by atoms with Crippen LogP contribution in [-0.2, 0) is 36.1 Å². The Morgan fingerprint density at radius 2 is 1.71 bits per heavy atom. The van der Waals surface area contributed by atoms with Crippen LogP contribution in [0.4, 0.5) is 0 Å². The first kappa shape index (κ1) is 32.1. The summed E-state index contributed by atoms with van der Waals surface area (Å²) in [4.78, 5) is 72.6. The molecule has 4 aromatic rings. The van der Waals surface area contributed by atoms with Gasteiger partial charge in [-0.25, -0.2) is 28.5 Å². The number of rotatable bonds is 7. The first-order valence-electron chi connectivity index (χ1n) is 15.3. The molecule has 2 atom stereocenters. The lowest BCUT2D eigenvalue weighted by Gasteiger charge is -2.39. The smallest absolute Gasteiger partial charge is 0.347 e. The minimum Gasteiger partial charge on any atom is -0.508 e. The summed E-state index contributed by atoms with van der Waals surface area (Å²) < 4.78 is 21.3. The van der Waals surface area contributed by atoms with Crippen molar-refractivity contribution in [2.75, 3.05) is 21.3 Å². The summed E-state index contributed by atoms with van der Waals surface area (Å²) in [6, 6.07) is 7.08. The number of phenolic OH excluding ortho intramolecular Hbond substituents is 1. The number of ether oxygens (including phenoxy) is 3. The van der Waals surface area contributed by atoms with E-state index in [2.05, 4.69) is 20.9 Å². The molecule has 3 aliphatic rings. The molecule has 0 saturated carbocycles. The van der Waals surface area contributed by atoms with E-state index < -0.39 is 40.5 Å². The third-order valence-electron chi connectivity index (χ3n) is 9.44. The quantitative estimate of drug-likeness (QED) is 0.220. The van der Waals surface area contributed by atoms with Crippen molar-refractivity contribution in [1.82, 2.24) is 23.5 Å². The van der Waals surface area contributed by atoms with Crippen LogP contribution in [0.2, 0.25) is 0 Å². The molecule has 0 amide bonds. The molecule has 14 nitrogen and oxygen atoms in total. The van der Waals surface area contributed by atoms with E-state index in [-0.39, 0.29) is 53.0 Å². The normalized spacial score (nSPS) is 18.5. The minimum absolute atomic E-state index is 0.00393. The molecule has 7 rings (SSSR count). The zero-order valence-corrected chi connectivity index (χ0v) is 28.4. The van der Waals surface area contributed by atoms with Crippen LogP contribution in [0.25, 0.3) is 11.0 Å². The van der Waals surface area contributed by atoms with Crippen LogP contribution < -0.4 is 31.1 Å². The van der Waals surface area contributed by atoms with Crippen molar-refractivity contribution in [3.63, 3.8) is 0 Å². The number of hydrogen-bond acceptors (Lipinski definition) is 10. The number of aromatic nitrogens is 5. The standard InChI is InChI=1S/C34H30BrN5O9/c1-37-24-15-28(49-4)27(48-3)14-22(24)36-21(32(37)44)8-9-38-33(45)39-10-7-17-23(40(39)34(38)46)12-19-30(26(42)13-20(35)31(19)43)29(17)18-11-16(47-2)5-6-25(18)41/h5-7,11,13-15,23,29,41H,8-10,12H2,1-4H3. The van der Waals surface area contributed by atoms with E-state index in [1.54, 1.807) is 37.4 Å². The molecular formula is C34H30BrN5O9. The fourth-order valence-corrected chi connectivity index (χ4v) is 7.50. The maximum atomic E-state index is 14.1. The number of fused-ring (bicyclic) bond motifs is 4. The lowest BCUT2D eigenvalue weighted by atomic mass is 9.68. The molecular weight excluding hydrogens is 702 g/mol. The molecule has 0 spiro atoms. The Kier molecular flexibility index (Phi) is 7.81. The van der Waals surface area contributed by atoms with Crippen LogP contribution in [0.1, 0.15) is 29.6 Å². The van der Waals surface area contributed by atoms with Crippen LogP contribution in [-0.4, -0.2) is 61.5 Å². The molecule has 15 heteroatoms. The Morgan fingerprint density at radius 1 is 0.980 bits per heavy atom. The van der Waals surface area contributed by atoms with Crippen LogP contribution in [0.3, 0.4) is 0 Å². The summed E-state index contributed by atoms with van der Waals surface area (Å²) in [7, 11) is 6.05. The molecule has 2 aromatic carbocycles. The molecule has 0 saturated heterocycles. The average Bonchev–Trinajstić information content (AvgIpc) is 3.35. The highest BCUT2D eigenvalue weighted by molar-refractivity contribution is 9.12. The number of phenols is 1. The number of aryl methyl sites for hydroxylation is 2. The third-order valence-corrected chi connectivity index (χ3v) is 10.0. The van der Waals surface area contributed by atoms with Crippen molar-refractivity contribution in [2.24, 2.45) is 7.05 Å². The molecule has 2 aliphatic carbocycles. The predicted molar refractivity (Wildman–Crippen MR) is 180 cm³/mol. The van der Waals surface area contributed by atoms with Gasteiger partial charge in [0.25, 0.3) is 5.56 Å². The van der Waals surface area contributed by atoms with E-state index in [1.165, 1.54) is 47.4 Å². The topological polar surface area (TPSA) is 166 Å². The fraction of sp³-hybridized carbons (Fsp3) is 0.294. The molecule has 49 heavy (non-hydrogen) atoms. The van der Waals surface area contributed by atoms with E-state index in [1.807, 2.05) is 0 Å². The van der Waals surface area contributed by atoms with Gasteiger partial charge in [-0.3, -0.25) is 14.4 Å². The second kappa shape index (κ2) is 11.9. The Labute approximate surface area is 285 Å². The lowest BCUT2D eigenvalue weighted by Crippen LogP contribution is -2.40. The second-order valence-electron chi connectivity index (χ2n) is 11.9. The van der Waals surface area contributed by atoms with Gasteiger partial charge in [-0.2, -0.15) is 0 Å². The number of benzene rings is 2. The van der Waals surface area contributed by atoms with Gasteiger partial charge >= 0.3 is 11.4 Å². The number of aromatic hydroxyl groups is 1. The second-order valence-corrected chi connectivity index (χ2v) is 12.7. The van der Waals surface area contributed by atoms with Crippen LogP contribution in [0, 0.1) is 0 Å². The van der Waals surface area contributed by atoms with Crippen molar-refractivity contribution in [2.45, 2.75) is 37.9 Å². The largest absolute Gasteiger partial charge is 0.508 e. The Balaban J connectivity index is 1.30. The van der Waals surface area contributed by atoms with Gasteiger partial charge in [0, 0.05) is 67.3 Å². The van der Waals surface area contributed by atoms with E-state index in [0.717, 1.165) is 4.57 Å². The molecule has 1 N–H and O–H groups in total.